The van der Waals surface area contributed by atoms with Gasteiger partial charge >= 0.3 is 0 Å². The molecular weight excluding hydrogens is 258 g/mol. The van der Waals surface area contributed by atoms with Gasteiger partial charge in [-0.05, 0) is 24.6 Å². The summed E-state index contributed by atoms with van der Waals surface area (Å²) in [6.07, 6.45) is 0. The molecule has 5 nitrogen and oxygen atoms in total. The van der Waals surface area contributed by atoms with Crippen molar-refractivity contribution in [2.45, 2.75) is 25.6 Å². The molecule has 2 atom stereocenters. The van der Waals surface area contributed by atoms with Gasteiger partial charge in [0.25, 0.3) is 0 Å². The Kier molecular flexibility index (Phi) is 7.54. The highest BCUT2D eigenvalue weighted by molar-refractivity contribution is 5.38. The molecule has 2 unspecified atom stereocenters. The average molecular weight is 283 g/mol. The van der Waals surface area contributed by atoms with Crippen LogP contribution in [-0.4, -0.2) is 45.7 Å². The predicted octanol–water partition coefficient (Wildman–Crippen LogP) is 1.50. The molecule has 114 valence electrons. The Morgan fingerprint density at radius 3 is 2.50 bits per heavy atom. The van der Waals surface area contributed by atoms with Gasteiger partial charge in [0.05, 0.1) is 33.0 Å². The number of benzene rings is 1. The lowest BCUT2D eigenvalue weighted by Crippen LogP contribution is -2.38. The second-order valence-corrected chi connectivity index (χ2v) is 4.73. The number of hydrogen-bond acceptors (Lipinski definition) is 5. The van der Waals surface area contributed by atoms with E-state index in [4.69, 9.17) is 14.2 Å². The Morgan fingerprint density at radius 1 is 1.20 bits per heavy atom. The van der Waals surface area contributed by atoms with Crippen LogP contribution in [0, 0.1) is 0 Å². The van der Waals surface area contributed by atoms with Gasteiger partial charge in [0.2, 0.25) is 0 Å². The van der Waals surface area contributed by atoms with Gasteiger partial charge in [0.15, 0.2) is 0 Å². The van der Waals surface area contributed by atoms with Crippen molar-refractivity contribution in [2.75, 3.05) is 34.5 Å². The summed E-state index contributed by atoms with van der Waals surface area (Å²) in [6, 6.07) is 6.02. The summed E-state index contributed by atoms with van der Waals surface area (Å²) in [4.78, 5) is 0. The molecule has 20 heavy (non-hydrogen) atoms. The van der Waals surface area contributed by atoms with Gasteiger partial charge in [-0.25, -0.2) is 0 Å². The summed E-state index contributed by atoms with van der Waals surface area (Å²) in [5.74, 6) is 0.818. The van der Waals surface area contributed by atoms with E-state index in [1.54, 1.807) is 21.3 Å². The molecule has 0 saturated heterocycles. The van der Waals surface area contributed by atoms with Gasteiger partial charge in [-0.15, -0.1) is 0 Å². The quantitative estimate of drug-likeness (QED) is 0.719. The van der Waals surface area contributed by atoms with Gasteiger partial charge in [-0.1, -0.05) is 6.07 Å². The molecule has 1 aromatic carbocycles. The first-order chi connectivity index (χ1) is 9.65. The van der Waals surface area contributed by atoms with Crippen molar-refractivity contribution in [2.24, 2.45) is 0 Å². The molecule has 0 saturated carbocycles. The fraction of sp³-hybridized carbons (Fsp3) is 0.600. The number of hydrogen-bond donors (Lipinski definition) is 2. The Hall–Kier alpha value is -1.14. The van der Waals surface area contributed by atoms with Crippen LogP contribution in [0.1, 0.15) is 24.1 Å². The minimum atomic E-state index is -0.0806. The number of ether oxygens (including phenoxy) is 3. The third-order valence-corrected chi connectivity index (χ3v) is 3.18. The maximum Gasteiger partial charge on any atom is 0.124 e. The van der Waals surface area contributed by atoms with Crippen LogP contribution in [0.25, 0.3) is 0 Å². The molecule has 0 aromatic heterocycles. The fourth-order valence-electron chi connectivity index (χ4n) is 2.14. The fourth-order valence-corrected chi connectivity index (χ4v) is 2.14. The van der Waals surface area contributed by atoms with E-state index < -0.39 is 0 Å². The number of aliphatic hydroxyl groups excluding tert-OH is 1. The molecule has 0 bridgehead atoms. The first-order valence-corrected chi connectivity index (χ1v) is 6.67. The summed E-state index contributed by atoms with van der Waals surface area (Å²) < 4.78 is 15.6. The molecule has 0 heterocycles. The minimum Gasteiger partial charge on any atom is -0.496 e. The molecule has 0 spiro atoms. The topological polar surface area (TPSA) is 60.0 Å². The van der Waals surface area contributed by atoms with Crippen LogP contribution in [0.4, 0.5) is 0 Å². The van der Waals surface area contributed by atoms with Gasteiger partial charge in [0, 0.05) is 25.8 Å². The monoisotopic (exact) mass is 283 g/mol. The van der Waals surface area contributed by atoms with Crippen molar-refractivity contribution in [3.05, 3.63) is 29.3 Å². The third-order valence-electron chi connectivity index (χ3n) is 3.18. The van der Waals surface area contributed by atoms with Gasteiger partial charge < -0.3 is 24.6 Å². The zero-order valence-electron chi connectivity index (χ0n) is 12.7. The summed E-state index contributed by atoms with van der Waals surface area (Å²) in [6.45, 7) is 3.07. The van der Waals surface area contributed by atoms with Crippen molar-refractivity contribution >= 4 is 0 Å². The van der Waals surface area contributed by atoms with E-state index in [9.17, 15) is 5.11 Å². The van der Waals surface area contributed by atoms with Crippen LogP contribution in [-0.2, 0) is 16.1 Å². The molecule has 0 fully saturated rings. The highest BCUT2D eigenvalue weighted by Crippen LogP contribution is 2.24. The van der Waals surface area contributed by atoms with E-state index in [1.165, 1.54) is 0 Å². The predicted molar refractivity (Wildman–Crippen MR) is 78.0 cm³/mol. The summed E-state index contributed by atoms with van der Waals surface area (Å²) in [7, 11) is 4.93. The van der Waals surface area contributed by atoms with Crippen LogP contribution < -0.4 is 10.1 Å². The number of nitrogens with one attached hydrogen (secondary N) is 1. The zero-order valence-corrected chi connectivity index (χ0v) is 12.7. The molecule has 2 N–H and O–H groups in total. The van der Waals surface area contributed by atoms with Crippen LogP contribution >= 0.6 is 0 Å². The SMILES string of the molecule is COCc1cc(C(C)NC(CO)COC)ccc1OC. The van der Waals surface area contributed by atoms with E-state index in [1.807, 2.05) is 12.1 Å². The zero-order chi connectivity index (χ0) is 15.0. The maximum absolute atomic E-state index is 9.29. The van der Waals surface area contributed by atoms with E-state index in [2.05, 4.69) is 18.3 Å². The molecule has 0 aliphatic rings. The highest BCUT2D eigenvalue weighted by Gasteiger charge is 2.14. The Morgan fingerprint density at radius 2 is 1.95 bits per heavy atom. The normalized spacial score (nSPS) is 14.1. The van der Waals surface area contributed by atoms with Crippen molar-refractivity contribution < 1.29 is 19.3 Å². The number of methoxy groups -OCH3 is 3. The van der Waals surface area contributed by atoms with Crippen LogP contribution in [0.2, 0.25) is 0 Å². The first kappa shape index (κ1) is 16.9. The Bertz CT molecular complexity index is 397. The van der Waals surface area contributed by atoms with Crippen LogP contribution in [0.5, 0.6) is 5.75 Å². The second-order valence-electron chi connectivity index (χ2n) is 4.73. The first-order valence-electron chi connectivity index (χ1n) is 6.67. The standard InChI is InChI=1S/C15H25NO4/c1-11(16-14(8-17)10-19-3)12-5-6-15(20-4)13(7-12)9-18-2/h5-7,11,14,16-17H,8-10H2,1-4H3. The summed E-state index contributed by atoms with van der Waals surface area (Å²) in [5.41, 5.74) is 2.13. The van der Waals surface area contributed by atoms with Crippen LogP contribution in [0.15, 0.2) is 18.2 Å². The molecule has 0 radical (unpaired) electrons. The lowest BCUT2D eigenvalue weighted by molar-refractivity contribution is 0.123. The van der Waals surface area contributed by atoms with E-state index in [0.717, 1.165) is 16.9 Å². The Labute approximate surface area is 120 Å². The lowest BCUT2D eigenvalue weighted by atomic mass is 10.0. The van der Waals surface area contributed by atoms with E-state index in [-0.39, 0.29) is 18.7 Å². The second kappa shape index (κ2) is 8.92. The largest absolute Gasteiger partial charge is 0.496 e. The molecule has 1 rings (SSSR count). The molecule has 0 aliphatic carbocycles. The number of rotatable bonds is 9. The molecule has 5 heteroatoms. The van der Waals surface area contributed by atoms with E-state index in [0.29, 0.717) is 13.2 Å². The lowest BCUT2D eigenvalue weighted by Gasteiger charge is -2.22. The Balaban J connectivity index is 2.81. The average Bonchev–Trinajstić information content (AvgIpc) is 2.46. The van der Waals surface area contributed by atoms with Crippen molar-refractivity contribution in [1.82, 2.24) is 5.32 Å². The summed E-state index contributed by atoms with van der Waals surface area (Å²) >= 11 is 0. The van der Waals surface area contributed by atoms with Crippen molar-refractivity contribution in [3.63, 3.8) is 0 Å². The van der Waals surface area contributed by atoms with Crippen LogP contribution in [0.3, 0.4) is 0 Å². The van der Waals surface area contributed by atoms with Gasteiger partial charge in [-0.2, -0.15) is 0 Å². The molecule has 0 aliphatic heterocycles. The summed E-state index contributed by atoms with van der Waals surface area (Å²) in [5, 5.41) is 12.6. The minimum absolute atomic E-state index is 0.0409. The molecule has 1 aromatic rings. The third kappa shape index (κ3) is 4.76. The van der Waals surface area contributed by atoms with Gasteiger partial charge in [-0.3, -0.25) is 0 Å². The maximum atomic E-state index is 9.29. The highest BCUT2D eigenvalue weighted by atomic mass is 16.5. The van der Waals surface area contributed by atoms with Crippen molar-refractivity contribution in [1.29, 1.82) is 0 Å². The van der Waals surface area contributed by atoms with Crippen molar-refractivity contribution in [3.8, 4) is 5.75 Å². The van der Waals surface area contributed by atoms with E-state index >= 15 is 0 Å². The smallest absolute Gasteiger partial charge is 0.124 e. The number of aliphatic hydroxyl groups is 1. The molecular formula is C15H25NO4. The molecule has 0 amide bonds. The van der Waals surface area contributed by atoms with Gasteiger partial charge in [0.1, 0.15) is 5.75 Å².